The number of para-hydroxylation sites is 1. The van der Waals surface area contributed by atoms with Gasteiger partial charge in [-0.25, -0.2) is 4.79 Å². The van der Waals surface area contributed by atoms with E-state index in [9.17, 15) is 19.7 Å². The number of hydrogen-bond acceptors (Lipinski definition) is 7. The van der Waals surface area contributed by atoms with Gasteiger partial charge in [-0.3, -0.25) is 14.9 Å². The average molecular weight is 448 g/mol. The van der Waals surface area contributed by atoms with E-state index in [1.165, 1.54) is 23.1 Å². The van der Waals surface area contributed by atoms with Gasteiger partial charge < -0.3 is 19.1 Å². The van der Waals surface area contributed by atoms with E-state index in [1.807, 2.05) is 18.2 Å². The molecule has 1 aliphatic heterocycles. The van der Waals surface area contributed by atoms with Crippen molar-refractivity contribution in [2.75, 3.05) is 18.7 Å². The monoisotopic (exact) mass is 448 g/mol. The lowest BCUT2D eigenvalue weighted by molar-refractivity contribution is -0.385. The number of carbonyl (C=O) groups is 2. The zero-order valence-electron chi connectivity index (χ0n) is 17.7. The SMILES string of the molecule is CN(C(=O)c1ccccc1C(=O)OCc1cc([N+](=O)[O-])cc2c1OCOC2)c1ccccc1. The van der Waals surface area contributed by atoms with Crippen LogP contribution >= 0.6 is 0 Å². The van der Waals surface area contributed by atoms with E-state index in [-0.39, 0.29) is 42.7 Å². The van der Waals surface area contributed by atoms with Gasteiger partial charge in [0.15, 0.2) is 6.79 Å². The van der Waals surface area contributed by atoms with E-state index in [4.69, 9.17) is 14.2 Å². The van der Waals surface area contributed by atoms with E-state index in [2.05, 4.69) is 0 Å². The van der Waals surface area contributed by atoms with Crippen LogP contribution in [0.25, 0.3) is 0 Å². The van der Waals surface area contributed by atoms with Crippen molar-refractivity contribution in [1.29, 1.82) is 0 Å². The second kappa shape index (κ2) is 9.49. The Labute approximate surface area is 189 Å². The molecule has 0 unspecified atom stereocenters. The third kappa shape index (κ3) is 4.68. The van der Waals surface area contributed by atoms with E-state index >= 15 is 0 Å². The Hall–Kier alpha value is -4.24. The van der Waals surface area contributed by atoms with Gasteiger partial charge in [-0.15, -0.1) is 0 Å². The number of anilines is 1. The Morgan fingerprint density at radius 1 is 1.06 bits per heavy atom. The van der Waals surface area contributed by atoms with Crippen LogP contribution in [0.1, 0.15) is 31.8 Å². The van der Waals surface area contributed by atoms with Crippen LogP contribution in [-0.4, -0.2) is 30.6 Å². The lowest BCUT2D eigenvalue weighted by atomic mass is 10.1. The first-order valence-corrected chi connectivity index (χ1v) is 10.1. The standard InChI is InChI=1S/C24H20N2O7/c1-25(18-7-3-2-4-8-18)23(27)20-9-5-6-10-21(20)24(28)32-14-17-12-19(26(29)30)11-16-13-31-15-33-22(16)17/h2-12H,13-15H2,1H3. The van der Waals surface area contributed by atoms with E-state index < -0.39 is 10.9 Å². The predicted molar refractivity (Wildman–Crippen MR) is 118 cm³/mol. The Bertz CT molecular complexity index is 1210. The number of non-ortho nitro benzene ring substituents is 1. The zero-order valence-corrected chi connectivity index (χ0v) is 17.7. The highest BCUT2D eigenvalue weighted by Crippen LogP contribution is 2.33. The quantitative estimate of drug-likeness (QED) is 0.317. The topological polar surface area (TPSA) is 108 Å². The molecule has 1 aliphatic rings. The third-order valence-corrected chi connectivity index (χ3v) is 5.17. The maximum atomic E-state index is 13.1. The molecule has 0 saturated carbocycles. The molecule has 0 aromatic heterocycles. The van der Waals surface area contributed by atoms with Gasteiger partial charge in [-0.2, -0.15) is 0 Å². The van der Waals surface area contributed by atoms with Crippen LogP contribution in [0, 0.1) is 10.1 Å². The van der Waals surface area contributed by atoms with Crippen molar-refractivity contribution >= 4 is 23.3 Å². The molecule has 0 radical (unpaired) electrons. The molecule has 0 bridgehead atoms. The molecule has 0 aliphatic carbocycles. The van der Waals surface area contributed by atoms with Crippen LogP contribution in [0.2, 0.25) is 0 Å². The summed E-state index contributed by atoms with van der Waals surface area (Å²) in [5.41, 5.74) is 1.64. The molecule has 3 aromatic carbocycles. The number of amides is 1. The molecule has 3 aromatic rings. The van der Waals surface area contributed by atoms with Gasteiger partial charge in [0.25, 0.3) is 11.6 Å². The Morgan fingerprint density at radius 2 is 1.76 bits per heavy atom. The highest BCUT2D eigenvalue weighted by Gasteiger charge is 2.24. The molecule has 0 atom stereocenters. The second-order valence-electron chi connectivity index (χ2n) is 7.28. The van der Waals surface area contributed by atoms with Crippen LogP contribution in [0.4, 0.5) is 11.4 Å². The number of nitro groups is 1. The summed E-state index contributed by atoms with van der Waals surface area (Å²) in [6, 6.07) is 18.1. The fourth-order valence-electron chi connectivity index (χ4n) is 3.51. The minimum atomic E-state index is -0.729. The normalized spacial score (nSPS) is 12.3. The number of fused-ring (bicyclic) bond motifs is 1. The molecule has 1 heterocycles. The number of nitrogens with zero attached hydrogens (tertiary/aromatic N) is 2. The molecule has 168 valence electrons. The number of benzene rings is 3. The Kier molecular flexibility index (Phi) is 6.32. The molecule has 9 nitrogen and oxygen atoms in total. The molecule has 4 rings (SSSR count). The van der Waals surface area contributed by atoms with Crippen molar-refractivity contribution in [1.82, 2.24) is 0 Å². The summed E-state index contributed by atoms with van der Waals surface area (Å²) >= 11 is 0. The first kappa shape index (κ1) is 22.0. The second-order valence-corrected chi connectivity index (χ2v) is 7.28. The average Bonchev–Trinajstić information content (AvgIpc) is 2.86. The largest absolute Gasteiger partial charge is 0.467 e. The minimum Gasteiger partial charge on any atom is -0.467 e. The first-order valence-electron chi connectivity index (χ1n) is 10.1. The number of ether oxygens (including phenoxy) is 3. The molecule has 0 saturated heterocycles. The lowest BCUT2D eigenvalue weighted by Gasteiger charge is -2.21. The highest BCUT2D eigenvalue weighted by molar-refractivity contribution is 6.11. The van der Waals surface area contributed by atoms with Crippen molar-refractivity contribution < 1.29 is 28.7 Å². The number of nitro benzene ring substituents is 1. The van der Waals surface area contributed by atoms with E-state index in [0.29, 0.717) is 22.6 Å². The summed E-state index contributed by atoms with van der Waals surface area (Å²) in [6.07, 6.45) is 0. The number of rotatable bonds is 6. The van der Waals surface area contributed by atoms with Crippen molar-refractivity contribution in [3.05, 3.63) is 99.1 Å². The maximum absolute atomic E-state index is 13.1. The molecule has 1 amide bonds. The van der Waals surface area contributed by atoms with Gasteiger partial charge in [-0.05, 0) is 24.3 Å². The van der Waals surface area contributed by atoms with Gasteiger partial charge in [0.05, 0.1) is 22.7 Å². The number of esters is 1. The molecule has 33 heavy (non-hydrogen) atoms. The van der Waals surface area contributed by atoms with Crippen LogP contribution in [0.5, 0.6) is 5.75 Å². The van der Waals surface area contributed by atoms with Crippen LogP contribution in [0.15, 0.2) is 66.7 Å². The van der Waals surface area contributed by atoms with E-state index in [1.54, 1.807) is 37.4 Å². The maximum Gasteiger partial charge on any atom is 0.339 e. The van der Waals surface area contributed by atoms with Crippen LogP contribution < -0.4 is 9.64 Å². The highest BCUT2D eigenvalue weighted by atomic mass is 16.7. The molecule has 0 N–H and O–H groups in total. The molecule has 0 fully saturated rings. The first-order chi connectivity index (χ1) is 16.0. The van der Waals surface area contributed by atoms with Gasteiger partial charge >= 0.3 is 5.97 Å². The lowest BCUT2D eigenvalue weighted by Crippen LogP contribution is -2.28. The van der Waals surface area contributed by atoms with Crippen LogP contribution in [-0.2, 0) is 22.7 Å². The minimum absolute atomic E-state index is 0.00505. The van der Waals surface area contributed by atoms with Gasteiger partial charge in [-0.1, -0.05) is 30.3 Å². The summed E-state index contributed by atoms with van der Waals surface area (Å²) in [4.78, 5) is 38.1. The molecule has 9 heteroatoms. The number of carbonyl (C=O) groups excluding carboxylic acids is 2. The van der Waals surface area contributed by atoms with Crippen molar-refractivity contribution in [3.8, 4) is 5.75 Å². The van der Waals surface area contributed by atoms with Gasteiger partial charge in [0, 0.05) is 36.0 Å². The molecule has 0 spiro atoms. The predicted octanol–water partition coefficient (Wildman–Crippen LogP) is 4.09. The zero-order chi connectivity index (χ0) is 23.4. The van der Waals surface area contributed by atoms with Crippen LogP contribution in [0.3, 0.4) is 0 Å². The summed E-state index contributed by atoms with van der Waals surface area (Å²) in [5.74, 6) is -0.706. The third-order valence-electron chi connectivity index (χ3n) is 5.17. The smallest absolute Gasteiger partial charge is 0.339 e. The van der Waals surface area contributed by atoms with E-state index in [0.717, 1.165) is 0 Å². The number of hydrogen-bond donors (Lipinski definition) is 0. The molecular weight excluding hydrogens is 428 g/mol. The van der Waals surface area contributed by atoms with Crippen molar-refractivity contribution in [2.24, 2.45) is 0 Å². The van der Waals surface area contributed by atoms with Crippen molar-refractivity contribution in [3.63, 3.8) is 0 Å². The summed E-state index contributed by atoms with van der Waals surface area (Å²) in [6.45, 7) is -0.115. The Morgan fingerprint density at radius 3 is 2.48 bits per heavy atom. The summed E-state index contributed by atoms with van der Waals surface area (Å²) in [7, 11) is 1.62. The van der Waals surface area contributed by atoms with Gasteiger partial charge in [0.2, 0.25) is 0 Å². The fourth-order valence-corrected chi connectivity index (χ4v) is 3.51. The van der Waals surface area contributed by atoms with Crippen molar-refractivity contribution in [2.45, 2.75) is 13.2 Å². The molecular formula is C24H20N2O7. The summed E-state index contributed by atoms with van der Waals surface area (Å²) < 4.78 is 16.1. The Balaban J connectivity index is 1.57. The fraction of sp³-hybridized carbons (Fsp3) is 0.167. The summed E-state index contributed by atoms with van der Waals surface area (Å²) in [5, 5.41) is 11.3. The van der Waals surface area contributed by atoms with Gasteiger partial charge in [0.1, 0.15) is 12.4 Å².